The van der Waals surface area contributed by atoms with E-state index in [0.717, 1.165) is 25.7 Å². The van der Waals surface area contributed by atoms with Crippen LogP contribution in [0.5, 0.6) is 0 Å². The number of unbranched alkanes of at least 4 members (excludes halogenated alkanes) is 3. The molecule has 3 saturated heterocycles. The van der Waals surface area contributed by atoms with Crippen LogP contribution in [0.2, 0.25) is 0 Å². The number of aliphatic hydroxyl groups is 3. The molecule has 3 heterocycles. The van der Waals surface area contributed by atoms with E-state index in [2.05, 4.69) is 6.92 Å². The van der Waals surface area contributed by atoms with Gasteiger partial charge in [0.05, 0.1) is 25.2 Å². The predicted molar refractivity (Wildman–Crippen MR) is 69.1 cm³/mol. The molecule has 19 heavy (non-hydrogen) atoms. The summed E-state index contributed by atoms with van der Waals surface area (Å²) in [5, 5.41) is 28.6. The van der Waals surface area contributed by atoms with E-state index < -0.39 is 39.6 Å². The molecular weight excluding hydrogens is 271 g/mol. The van der Waals surface area contributed by atoms with Crippen molar-refractivity contribution in [2.45, 2.75) is 50.9 Å². The van der Waals surface area contributed by atoms with Gasteiger partial charge in [0.2, 0.25) is 5.79 Å². The zero-order valence-electron chi connectivity index (χ0n) is 11.2. The van der Waals surface area contributed by atoms with Gasteiger partial charge in [-0.25, -0.2) is 0 Å². The van der Waals surface area contributed by atoms with Crippen molar-refractivity contribution in [1.82, 2.24) is 0 Å². The maximum Gasteiger partial charge on any atom is 0.338 e. The van der Waals surface area contributed by atoms with Crippen LogP contribution in [-0.4, -0.2) is 47.0 Å². The Kier molecular flexibility index (Phi) is 5.17. The minimum absolute atomic E-state index is 0.318. The average Bonchev–Trinajstić information content (AvgIpc) is 2.93. The molecule has 3 fully saturated rings. The van der Waals surface area contributed by atoms with E-state index >= 15 is 0 Å². The summed E-state index contributed by atoms with van der Waals surface area (Å²) < 4.78 is 16.8. The fourth-order valence-corrected chi connectivity index (χ4v) is 4.19. The molecule has 1 unspecified atom stereocenters. The molecule has 0 saturated carbocycles. The standard InChI is InChI=1S/C12H23O6P/c1-2-3-4-5-6-10-12(17-19(16-10)18-12)11(7-13,8-14)9-15/h10,13-15H,2-9H2,1H3. The topological polar surface area (TPSA) is 88.4 Å². The normalized spacial score (nSPS) is 33.5. The van der Waals surface area contributed by atoms with Gasteiger partial charge in [-0.15, -0.1) is 0 Å². The molecule has 1 atom stereocenters. The first-order chi connectivity index (χ1) is 9.18. The summed E-state index contributed by atoms with van der Waals surface area (Å²) in [6.45, 7) is 0.933. The second-order valence-electron chi connectivity index (χ2n) is 5.27. The van der Waals surface area contributed by atoms with Crippen LogP contribution in [0.3, 0.4) is 0 Å². The third-order valence-electron chi connectivity index (χ3n) is 4.02. The van der Waals surface area contributed by atoms with Crippen LogP contribution in [0, 0.1) is 5.41 Å². The summed E-state index contributed by atoms with van der Waals surface area (Å²) in [5.74, 6) is -1.18. The summed E-state index contributed by atoms with van der Waals surface area (Å²) in [5.41, 5.74) is -1.21. The quantitative estimate of drug-likeness (QED) is 0.439. The van der Waals surface area contributed by atoms with Gasteiger partial charge < -0.3 is 19.8 Å². The van der Waals surface area contributed by atoms with Crippen molar-refractivity contribution in [3.05, 3.63) is 0 Å². The number of hydrogen-bond donors (Lipinski definition) is 3. The van der Waals surface area contributed by atoms with Crippen molar-refractivity contribution < 1.29 is 28.9 Å². The van der Waals surface area contributed by atoms with E-state index in [1.807, 2.05) is 0 Å². The maximum absolute atomic E-state index is 9.53. The molecule has 3 rings (SSSR count). The molecule has 112 valence electrons. The Bertz CT molecular complexity index is 282. The van der Waals surface area contributed by atoms with Crippen LogP contribution in [0.25, 0.3) is 0 Å². The van der Waals surface area contributed by atoms with Crippen LogP contribution in [-0.2, 0) is 13.6 Å². The van der Waals surface area contributed by atoms with Crippen LogP contribution < -0.4 is 0 Å². The summed E-state index contributed by atoms with van der Waals surface area (Å²) in [7, 11) is -1.35. The zero-order valence-corrected chi connectivity index (χ0v) is 12.1. The van der Waals surface area contributed by atoms with E-state index in [1.54, 1.807) is 0 Å². The summed E-state index contributed by atoms with van der Waals surface area (Å²) in [6.07, 6.45) is 4.84. The van der Waals surface area contributed by atoms with Crippen molar-refractivity contribution in [3.8, 4) is 0 Å². The first-order valence-electron chi connectivity index (χ1n) is 6.86. The van der Waals surface area contributed by atoms with Gasteiger partial charge in [-0.2, -0.15) is 0 Å². The van der Waals surface area contributed by atoms with Gasteiger partial charge in [0.15, 0.2) is 0 Å². The van der Waals surface area contributed by atoms with E-state index in [0.29, 0.717) is 0 Å². The Balaban J connectivity index is 2.00. The highest BCUT2D eigenvalue weighted by Crippen LogP contribution is 2.73. The van der Waals surface area contributed by atoms with E-state index in [4.69, 9.17) is 13.6 Å². The summed E-state index contributed by atoms with van der Waals surface area (Å²) in [6, 6.07) is 0. The molecule has 0 amide bonds. The SMILES string of the molecule is CCCCCCC1OP2OC1(C(CO)(CO)CO)O2. The number of rotatable bonds is 9. The highest BCUT2D eigenvalue weighted by Gasteiger charge is 2.73. The van der Waals surface area contributed by atoms with Crippen LogP contribution in [0.1, 0.15) is 39.0 Å². The van der Waals surface area contributed by atoms with Crippen LogP contribution in [0.4, 0.5) is 0 Å². The summed E-state index contributed by atoms with van der Waals surface area (Å²) in [4.78, 5) is 0. The molecule has 0 aromatic rings. The number of fused-ring (bicyclic) bond motifs is 1. The Hall–Kier alpha value is 0.190. The fourth-order valence-electron chi connectivity index (χ4n) is 2.58. The molecule has 2 bridgehead atoms. The maximum atomic E-state index is 9.53. The number of aliphatic hydroxyl groups excluding tert-OH is 3. The van der Waals surface area contributed by atoms with Crippen LogP contribution in [0.15, 0.2) is 0 Å². The predicted octanol–water partition coefficient (Wildman–Crippen LogP) is 1.29. The van der Waals surface area contributed by atoms with Crippen molar-refractivity contribution in [1.29, 1.82) is 0 Å². The molecule has 0 spiro atoms. The molecule has 0 aliphatic carbocycles. The monoisotopic (exact) mass is 294 g/mol. The van der Waals surface area contributed by atoms with Gasteiger partial charge in [0.25, 0.3) is 0 Å². The van der Waals surface area contributed by atoms with E-state index in [9.17, 15) is 15.3 Å². The van der Waals surface area contributed by atoms with Crippen molar-refractivity contribution in [2.75, 3.05) is 19.8 Å². The lowest BCUT2D eigenvalue weighted by molar-refractivity contribution is -0.279. The fraction of sp³-hybridized carbons (Fsp3) is 1.00. The largest absolute Gasteiger partial charge is 0.395 e. The molecule has 6 nitrogen and oxygen atoms in total. The second-order valence-corrected chi connectivity index (χ2v) is 6.29. The van der Waals surface area contributed by atoms with Crippen LogP contribution >= 0.6 is 8.60 Å². The Morgan fingerprint density at radius 1 is 1.05 bits per heavy atom. The highest BCUT2D eigenvalue weighted by molar-refractivity contribution is 7.43. The minimum Gasteiger partial charge on any atom is -0.395 e. The van der Waals surface area contributed by atoms with Gasteiger partial charge in [0.1, 0.15) is 6.10 Å². The molecule has 3 aliphatic heterocycles. The third-order valence-corrected chi connectivity index (χ3v) is 5.29. The summed E-state index contributed by atoms with van der Waals surface area (Å²) >= 11 is 0. The lowest BCUT2D eigenvalue weighted by Gasteiger charge is -2.48. The lowest BCUT2D eigenvalue weighted by Crippen LogP contribution is -2.63. The van der Waals surface area contributed by atoms with Crippen molar-refractivity contribution in [3.63, 3.8) is 0 Å². The molecule has 0 radical (unpaired) electrons. The van der Waals surface area contributed by atoms with Crippen molar-refractivity contribution in [2.24, 2.45) is 5.41 Å². The van der Waals surface area contributed by atoms with Gasteiger partial charge in [-0.05, 0) is 6.42 Å². The second kappa shape index (κ2) is 6.31. The lowest BCUT2D eigenvalue weighted by atomic mass is 9.77. The molecule has 3 aliphatic rings. The number of hydrogen-bond acceptors (Lipinski definition) is 6. The Morgan fingerprint density at radius 3 is 2.21 bits per heavy atom. The van der Waals surface area contributed by atoms with Crippen molar-refractivity contribution >= 4 is 8.60 Å². The van der Waals surface area contributed by atoms with Gasteiger partial charge in [-0.1, -0.05) is 32.6 Å². The van der Waals surface area contributed by atoms with Gasteiger partial charge >= 0.3 is 8.60 Å². The highest BCUT2D eigenvalue weighted by atomic mass is 31.2. The Labute approximate surface area is 114 Å². The molecular formula is C12H23O6P. The first kappa shape index (κ1) is 15.6. The Morgan fingerprint density at radius 2 is 1.68 bits per heavy atom. The van der Waals surface area contributed by atoms with E-state index in [1.165, 1.54) is 6.42 Å². The molecule has 0 aromatic carbocycles. The molecule has 7 heteroatoms. The smallest absolute Gasteiger partial charge is 0.338 e. The average molecular weight is 294 g/mol. The van der Waals surface area contributed by atoms with Gasteiger partial charge in [-0.3, -0.25) is 9.05 Å². The molecule has 3 N–H and O–H groups in total. The first-order valence-corrected chi connectivity index (χ1v) is 7.95. The minimum atomic E-state index is -1.35. The van der Waals surface area contributed by atoms with Gasteiger partial charge in [0, 0.05) is 0 Å². The van der Waals surface area contributed by atoms with E-state index in [-0.39, 0.29) is 6.10 Å². The third kappa shape index (κ3) is 2.44. The zero-order chi connectivity index (χ0) is 13.9. The molecule has 0 aromatic heterocycles.